The Kier molecular flexibility index (Phi) is 3.40. The third-order valence-corrected chi connectivity index (χ3v) is 3.76. The van der Waals surface area contributed by atoms with Crippen LogP contribution in [0.2, 0.25) is 0 Å². The summed E-state index contributed by atoms with van der Waals surface area (Å²) in [5.74, 6) is 0.277. The minimum atomic E-state index is -0.0553. The number of aromatic hydroxyl groups is 1. The van der Waals surface area contributed by atoms with Gasteiger partial charge < -0.3 is 10.8 Å². The third-order valence-electron chi connectivity index (χ3n) is 2.65. The number of aromatic nitrogens is 2. The molecule has 5 heteroatoms. The van der Waals surface area contributed by atoms with Gasteiger partial charge in [0.2, 0.25) is 0 Å². The second kappa shape index (κ2) is 4.81. The summed E-state index contributed by atoms with van der Waals surface area (Å²) in [6.45, 7) is 3.88. The van der Waals surface area contributed by atoms with Crippen LogP contribution in [0.25, 0.3) is 10.6 Å². The molecule has 4 nitrogen and oxygen atoms in total. The maximum absolute atomic E-state index is 9.66. The van der Waals surface area contributed by atoms with Crippen LogP contribution in [0.3, 0.4) is 0 Å². The van der Waals surface area contributed by atoms with Crippen molar-refractivity contribution in [3.8, 4) is 16.3 Å². The van der Waals surface area contributed by atoms with Crippen molar-refractivity contribution in [1.29, 1.82) is 0 Å². The number of hydrogen-bond donors (Lipinski definition) is 2. The minimum absolute atomic E-state index is 0.0553. The molecular weight excluding hydrogens is 234 g/mol. The van der Waals surface area contributed by atoms with Crippen LogP contribution in [0.1, 0.15) is 30.0 Å². The Morgan fingerprint density at radius 3 is 2.82 bits per heavy atom. The van der Waals surface area contributed by atoms with Gasteiger partial charge in [-0.25, -0.2) is 0 Å². The summed E-state index contributed by atoms with van der Waals surface area (Å²) >= 11 is 1.47. The van der Waals surface area contributed by atoms with E-state index in [0.29, 0.717) is 0 Å². The zero-order valence-corrected chi connectivity index (χ0v) is 10.7. The van der Waals surface area contributed by atoms with Crippen molar-refractivity contribution in [3.05, 3.63) is 28.8 Å². The Morgan fingerprint density at radius 1 is 1.41 bits per heavy atom. The summed E-state index contributed by atoms with van der Waals surface area (Å²) in [5.41, 5.74) is 7.62. The fourth-order valence-corrected chi connectivity index (χ4v) is 2.34. The van der Waals surface area contributed by atoms with E-state index in [2.05, 4.69) is 10.2 Å². The zero-order valence-electron chi connectivity index (χ0n) is 9.84. The van der Waals surface area contributed by atoms with E-state index in [-0.39, 0.29) is 11.8 Å². The topological polar surface area (TPSA) is 72.0 Å². The summed E-state index contributed by atoms with van der Waals surface area (Å²) in [4.78, 5) is 0. The maximum Gasteiger partial charge on any atom is 0.147 e. The monoisotopic (exact) mass is 249 g/mol. The van der Waals surface area contributed by atoms with E-state index in [1.807, 2.05) is 26.0 Å². The molecule has 90 valence electrons. The third kappa shape index (κ3) is 2.45. The van der Waals surface area contributed by atoms with Crippen molar-refractivity contribution >= 4 is 11.3 Å². The summed E-state index contributed by atoms with van der Waals surface area (Å²) < 4.78 is 0. The van der Waals surface area contributed by atoms with Gasteiger partial charge in [-0.3, -0.25) is 0 Å². The molecule has 1 aromatic carbocycles. The number of phenols is 1. The quantitative estimate of drug-likeness (QED) is 0.877. The van der Waals surface area contributed by atoms with Gasteiger partial charge in [-0.15, -0.1) is 10.2 Å². The van der Waals surface area contributed by atoms with Gasteiger partial charge in [0.05, 0.1) is 6.04 Å². The molecule has 2 aromatic rings. The summed E-state index contributed by atoms with van der Waals surface area (Å²) in [6, 6.07) is 5.44. The first kappa shape index (κ1) is 12.0. The molecule has 0 aliphatic rings. The van der Waals surface area contributed by atoms with Gasteiger partial charge in [0.1, 0.15) is 15.8 Å². The van der Waals surface area contributed by atoms with Crippen LogP contribution in [-0.2, 0) is 0 Å². The number of nitrogens with zero attached hydrogens (tertiary/aromatic N) is 2. The minimum Gasteiger partial charge on any atom is -0.508 e. The number of phenolic OH excluding ortho intramolecular Hbond substituents is 1. The smallest absolute Gasteiger partial charge is 0.147 e. The molecule has 0 radical (unpaired) electrons. The Hall–Kier alpha value is -1.46. The van der Waals surface area contributed by atoms with Crippen molar-refractivity contribution in [2.75, 3.05) is 0 Å². The zero-order chi connectivity index (χ0) is 12.4. The average molecular weight is 249 g/mol. The first-order chi connectivity index (χ1) is 8.11. The molecule has 0 saturated carbocycles. The largest absolute Gasteiger partial charge is 0.508 e. The average Bonchev–Trinajstić information content (AvgIpc) is 2.81. The van der Waals surface area contributed by atoms with E-state index >= 15 is 0 Å². The van der Waals surface area contributed by atoms with Gasteiger partial charge in [-0.2, -0.15) is 0 Å². The van der Waals surface area contributed by atoms with Crippen LogP contribution < -0.4 is 5.73 Å². The van der Waals surface area contributed by atoms with E-state index in [1.165, 1.54) is 11.3 Å². The summed E-state index contributed by atoms with van der Waals surface area (Å²) in [5, 5.41) is 19.5. The van der Waals surface area contributed by atoms with Gasteiger partial charge in [0, 0.05) is 5.56 Å². The standard InChI is InChI=1S/C12H15N3OS/c1-3-9(13)12-15-14-11(17-12)8-5-4-7(2)10(16)6-8/h4-6,9,16H,3,13H2,1-2H3. The molecule has 1 atom stereocenters. The second-order valence-electron chi connectivity index (χ2n) is 3.96. The maximum atomic E-state index is 9.66. The highest BCUT2D eigenvalue weighted by Crippen LogP contribution is 2.30. The van der Waals surface area contributed by atoms with E-state index in [4.69, 9.17) is 5.73 Å². The lowest BCUT2D eigenvalue weighted by molar-refractivity contribution is 0.471. The molecular formula is C12H15N3OS. The molecule has 0 bridgehead atoms. The molecule has 17 heavy (non-hydrogen) atoms. The van der Waals surface area contributed by atoms with Gasteiger partial charge >= 0.3 is 0 Å². The SMILES string of the molecule is CCC(N)c1nnc(-c2ccc(C)c(O)c2)s1. The number of aryl methyl sites for hydroxylation is 1. The van der Waals surface area contributed by atoms with Crippen LogP contribution in [0.15, 0.2) is 18.2 Å². The number of hydrogen-bond acceptors (Lipinski definition) is 5. The molecule has 1 aromatic heterocycles. The predicted octanol–water partition coefficient (Wildman–Crippen LogP) is 2.63. The van der Waals surface area contributed by atoms with E-state index in [9.17, 15) is 5.11 Å². The molecule has 0 aliphatic carbocycles. The fourth-order valence-electron chi connectivity index (χ4n) is 1.42. The molecule has 0 aliphatic heterocycles. The fraction of sp³-hybridized carbons (Fsp3) is 0.333. The first-order valence-corrected chi connectivity index (χ1v) is 6.32. The lowest BCUT2D eigenvalue weighted by Gasteiger charge is -2.01. The van der Waals surface area contributed by atoms with Crippen molar-refractivity contribution in [1.82, 2.24) is 10.2 Å². The van der Waals surface area contributed by atoms with E-state index < -0.39 is 0 Å². The highest BCUT2D eigenvalue weighted by molar-refractivity contribution is 7.14. The summed E-state index contributed by atoms with van der Waals surface area (Å²) in [6.07, 6.45) is 0.841. The van der Waals surface area contributed by atoms with Crippen LogP contribution >= 0.6 is 11.3 Å². The van der Waals surface area contributed by atoms with E-state index in [0.717, 1.165) is 27.6 Å². The number of rotatable bonds is 3. The molecule has 0 spiro atoms. The second-order valence-corrected chi connectivity index (χ2v) is 4.97. The normalized spacial score (nSPS) is 12.6. The highest BCUT2D eigenvalue weighted by atomic mass is 32.1. The molecule has 1 unspecified atom stereocenters. The molecule has 2 rings (SSSR count). The van der Waals surface area contributed by atoms with Crippen LogP contribution in [-0.4, -0.2) is 15.3 Å². The van der Waals surface area contributed by atoms with Crippen molar-refractivity contribution in [2.24, 2.45) is 5.73 Å². The van der Waals surface area contributed by atoms with Crippen LogP contribution in [0, 0.1) is 6.92 Å². The van der Waals surface area contributed by atoms with Gasteiger partial charge in [-0.05, 0) is 25.0 Å². The number of benzene rings is 1. The molecule has 0 fully saturated rings. The van der Waals surface area contributed by atoms with Crippen LogP contribution in [0.4, 0.5) is 0 Å². The Balaban J connectivity index is 2.33. The Morgan fingerprint density at radius 2 is 2.18 bits per heavy atom. The van der Waals surface area contributed by atoms with Gasteiger partial charge in [0.15, 0.2) is 0 Å². The number of nitrogens with two attached hydrogens (primary N) is 1. The lowest BCUT2D eigenvalue weighted by Crippen LogP contribution is -2.07. The predicted molar refractivity (Wildman–Crippen MR) is 69.0 cm³/mol. The first-order valence-electron chi connectivity index (χ1n) is 5.50. The van der Waals surface area contributed by atoms with Gasteiger partial charge in [-0.1, -0.05) is 30.4 Å². The van der Waals surface area contributed by atoms with Crippen molar-refractivity contribution in [3.63, 3.8) is 0 Å². The highest BCUT2D eigenvalue weighted by Gasteiger charge is 2.12. The molecule has 1 heterocycles. The summed E-state index contributed by atoms with van der Waals surface area (Å²) in [7, 11) is 0. The molecule has 3 N–H and O–H groups in total. The van der Waals surface area contributed by atoms with Crippen LogP contribution in [0.5, 0.6) is 5.75 Å². The van der Waals surface area contributed by atoms with Crippen molar-refractivity contribution < 1.29 is 5.11 Å². The molecule has 0 saturated heterocycles. The molecule has 0 amide bonds. The van der Waals surface area contributed by atoms with Gasteiger partial charge in [0.25, 0.3) is 0 Å². The van der Waals surface area contributed by atoms with E-state index in [1.54, 1.807) is 6.07 Å². The van der Waals surface area contributed by atoms with Crippen molar-refractivity contribution in [2.45, 2.75) is 26.3 Å². The lowest BCUT2D eigenvalue weighted by atomic mass is 10.1. The Labute approximate surface area is 104 Å². The Bertz CT molecular complexity index is 524.